The smallest absolute Gasteiger partial charge is 0.244 e. The van der Waals surface area contributed by atoms with Gasteiger partial charge in [0, 0.05) is 5.69 Å². The Bertz CT molecular complexity index is 591. The molecule has 5 N–H and O–H groups in total. The second-order valence-electron chi connectivity index (χ2n) is 3.56. The van der Waals surface area contributed by atoms with Crippen LogP contribution in [0.4, 0.5) is 10.1 Å². The number of nitrogens with one attached hydrogen (secondary N) is 1. The Morgan fingerprint density at radius 3 is 2.56 bits per heavy atom. The van der Waals surface area contributed by atoms with Gasteiger partial charge in [-0.3, -0.25) is 4.79 Å². The molecular formula is C9H11ClFN3O3S. The van der Waals surface area contributed by atoms with E-state index in [1.165, 1.54) is 6.92 Å². The molecule has 0 aliphatic carbocycles. The van der Waals surface area contributed by atoms with Crippen LogP contribution in [0.15, 0.2) is 17.0 Å². The molecule has 6 nitrogen and oxygen atoms in total. The van der Waals surface area contributed by atoms with E-state index >= 15 is 0 Å². The number of primary amides is 1. The predicted octanol–water partition coefficient (Wildman–Crippen LogP) is 0.213. The topological polar surface area (TPSA) is 115 Å². The maximum absolute atomic E-state index is 13.6. The van der Waals surface area contributed by atoms with Crippen molar-refractivity contribution in [1.29, 1.82) is 0 Å². The van der Waals surface area contributed by atoms with Crippen LogP contribution in [0.1, 0.15) is 6.92 Å². The van der Waals surface area contributed by atoms with Crippen LogP contribution in [0.2, 0.25) is 5.02 Å². The summed E-state index contributed by atoms with van der Waals surface area (Å²) in [6, 6.07) is 0.791. The van der Waals surface area contributed by atoms with E-state index in [1.54, 1.807) is 0 Å². The first-order chi connectivity index (χ1) is 8.15. The average Bonchev–Trinajstić information content (AvgIpc) is 2.22. The number of rotatable bonds is 4. The Kier molecular flexibility index (Phi) is 4.15. The van der Waals surface area contributed by atoms with E-state index in [2.05, 4.69) is 0 Å². The quantitative estimate of drug-likeness (QED) is 0.689. The second kappa shape index (κ2) is 5.09. The highest BCUT2D eigenvalue weighted by Gasteiger charge is 2.25. The molecule has 0 aliphatic heterocycles. The maximum Gasteiger partial charge on any atom is 0.244 e. The van der Waals surface area contributed by atoms with Crippen molar-refractivity contribution in [3.8, 4) is 0 Å². The third kappa shape index (κ3) is 3.09. The highest BCUT2D eigenvalue weighted by Crippen LogP contribution is 2.25. The molecule has 1 aromatic rings. The summed E-state index contributed by atoms with van der Waals surface area (Å²) in [5, 5.41) is -0.429. The molecule has 0 fully saturated rings. The van der Waals surface area contributed by atoms with E-state index in [0.29, 0.717) is 0 Å². The van der Waals surface area contributed by atoms with Crippen LogP contribution >= 0.6 is 11.6 Å². The molecule has 0 radical (unpaired) electrons. The SMILES string of the molecule is CC(NS(=O)(=O)c1cc(N)cc(Cl)c1F)C(N)=O. The van der Waals surface area contributed by atoms with Gasteiger partial charge in [-0.2, -0.15) is 4.72 Å². The fourth-order valence-electron chi connectivity index (χ4n) is 1.13. The van der Waals surface area contributed by atoms with Gasteiger partial charge >= 0.3 is 0 Å². The van der Waals surface area contributed by atoms with Crippen LogP contribution in [-0.4, -0.2) is 20.4 Å². The third-order valence-corrected chi connectivity index (χ3v) is 3.88. The molecule has 1 rings (SSSR count). The zero-order chi connectivity index (χ0) is 14.1. The van der Waals surface area contributed by atoms with Crippen molar-refractivity contribution in [2.75, 3.05) is 5.73 Å². The molecule has 0 saturated heterocycles. The molecular weight excluding hydrogens is 285 g/mol. The van der Waals surface area contributed by atoms with Gasteiger partial charge in [0.2, 0.25) is 15.9 Å². The lowest BCUT2D eigenvalue weighted by Crippen LogP contribution is -2.42. The van der Waals surface area contributed by atoms with Crippen molar-refractivity contribution in [2.45, 2.75) is 17.9 Å². The van der Waals surface area contributed by atoms with E-state index in [4.69, 9.17) is 23.1 Å². The minimum Gasteiger partial charge on any atom is -0.399 e. The summed E-state index contributed by atoms with van der Waals surface area (Å²) in [5.74, 6) is -2.04. The van der Waals surface area contributed by atoms with Crippen LogP contribution < -0.4 is 16.2 Å². The molecule has 9 heteroatoms. The lowest BCUT2D eigenvalue weighted by molar-refractivity contribution is -0.119. The first-order valence-electron chi connectivity index (χ1n) is 4.71. The predicted molar refractivity (Wildman–Crippen MR) is 64.8 cm³/mol. The van der Waals surface area contributed by atoms with Gasteiger partial charge in [0.15, 0.2) is 5.82 Å². The Labute approximate surface area is 108 Å². The molecule has 1 atom stereocenters. The molecule has 1 unspecified atom stereocenters. The minimum absolute atomic E-state index is 0.0199. The van der Waals surface area contributed by atoms with E-state index in [9.17, 15) is 17.6 Å². The van der Waals surface area contributed by atoms with Crippen molar-refractivity contribution in [2.24, 2.45) is 5.73 Å². The van der Waals surface area contributed by atoms with Gasteiger partial charge < -0.3 is 11.5 Å². The molecule has 1 amide bonds. The average molecular weight is 296 g/mol. The minimum atomic E-state index is -4.27. The largest absolute Gasteiger partial charge is 0.399 e. The fourth-order valence-corrected chi connectivity index (χ4v) is 2.76. The van der Waals surface area contributed by atoms with Crippen LogP contribution in [0.5, 0.6) is 0 Å². The number of nitrogens with two attached hydrogens (primary N) is 2. The van der Waals surface area contributed by atoms with Crippen molar-refractivity contribution < 1.29 is 17.6 Å². The van der Waals surface area contributed by atoms with E-state index in [0.717, 1.165) is 12.1 Å². The molecule has 0 bridgehead atoms. The van der Waals surface area contributed by atoms with Crippen molar-refractivity contribution in [3.05, 3.63) is 23.0 Å². The van der Waals surface area contributed by atoms with E-state index < -0.39 is 37.7 Å². The Balaban J connectivity index is 3.25. The summed E-state index contributed by atoms with van der Waals surface area (Å²) in [7, 11) is -4.27. The molecule has 0 aromatic heterocycles. The maximum atomic E-state index is 13.6. The highest BCUT2D eigenvalue weighted by molar-refractivity contribution is 7.89. The number of nitrogen functional groups attached to an aromatic ring is 1. The number of carbonyl (C=O) groups is 1. The zero-order valence-electron chi connectivity index (χ0n) is 9.28. The van der Waals surface area contributed by atoms with Gasteiger partial charge in [-0.1, -0.05) is 11.6 Å². The summed E-state index contributed by atoms with van der Waals surface area (Å²) in [6.07, 6.45) is 0. The van der Waals surface area contributed by atoms with Gasteiger partial charge in [0.1, 0.15) is 4.90 Å². The lowest BCUT2D eigenvalue weighted by Gasteiger charge is -2.12. The van der Waals surface area contributed by atoms with E-state index in [1.807, 2.05) is 4.72 Å². The van der Waals surface area contributed by atoms with Crippen LogP contribution in [0, 0.1) is 5.82 Å². The van der Waals surface area contributed by atoms with Crippen molar-refractivity contribution in [1.82, 2.24) is 4.72 Å². The van der Waals surface area contributed by atoms with Crippen molar-refractivity contribution >= 4 is 33.2 Å². The fraction of sp³-hybridized carbons (Fsp3) is 0.222. The standard InChI is InChI=1S/C9H11ClFN3O3S/c1-4(9(13)15)14-18(16,17)7-3-5(12)2-6(10)8(7)11/h2-4,14H,12H2,1H3,(H2,13,15). The monoisotopic (exact) mass is 295 g/mol. The number of hydrogen-bond acceptors (Lipinski definition) is 4. The zero-order valence-corrected chi connectivity index (χ0v) is 10.8. The highest BCUT2D eigenvalue weighted by atomic mass is 35.5. The summed E-state index contributed by atoms with van der Waals surface area (Å²) < 4.78 is 39.1. The first-order valence-corrected chi connectivity index (χ1v) is 6.57. The first kappa shape index (κ1) is 14.7. The number of sulfonamides is 1. The summed E-state index contributed by atoms with van der Waals surface area (Å²) >= 11 is 5.49. The Hall–Kier alpha value is -1.38. The summed E-state index contributed by atoms with van der Waals surface area (Å²) in [4.78, 5) is 10.0. The number of hydrogen-bond donors (Lipinski definition) is 3. The lowest BCUT2D eigenvalue weighted by atomic mass is 10.3. The number of halogens is 2. The van der Waals surface area contributed by atoms with Gasteiger partial charge in [-0.25, -0.2) is 12.8 Å². The Morgan fingerprint density at radius 2 is 2.06 bits per heavy atom. The molecule has 100 valence electrons. The molecule has 0 aliphatic rings. The Morgan fingerprint density at radius 1 is 1.50 bits per heavy atom. The molecule has 0 saturated carbocycles. The van der Waals surface area contributed by atoms with Gasteiger partial charge in [0.05, 0.1) is 11.1 Å². The molecule has 0 heterocycles. The van der Waals surface area contributed by atoms with Gasteiger partial charge in [-0.05, 0) is 19.1 Å². The van der Waals surface area contributed by atoms with Crippen LogP contribution in [-0.2, 0) is 14.8 Å². The van der Waals surface area contributed by atoms with E-state index in [-0.39, 0.29) is 5.69 Å². The molecule has 18 heavy (non-hydrogen) atoms. The van der Waals surface area contributed by atoms with Crippen LogP contribution in [0.3, 0.4) is 0 Å². The number of benzene rings is 1. The number of amides is 1. The third-order valence-electron chi connectivity index (χ3n) is 2.07. The number of carbonyl (C=O) groups excluding carboxylic acids is 1. The van der Waals surface area contributed by atoms with Crippen molar-refractivity contribution in [3.63, 3.8) is 0 Å². The molecule has 0 spiro atoms. The number of anilines is 1. The van der Waals surface area contributed by atoms with Gasteiger partial charge in [-0.15, -0.1) is 0 Å². The summed E-state index contributed by atoms with van der Waals surface area (Å²) in [6.45, 7) is 1.23. The van der Waals surface area contributed by atoms with Gasteiger partial charge in [0.25, 0.3) is 0 Å². The normalized spacial score (nSPS) is 13.3. The molecule has 1 aromatic carbocycles. The second-order valence-corrected chi connectivity index (χ2v) is 5.65. The summed E-state index contributed by atoms with van der Waals surface area (Å²) in [5.41, 5.74) is 10.3. The van der Waals surface area contributed by atoms with Crippen LogP contribution in [0.25, 0.3) is 0 Å².